The first-order valence-electron chi connectivity index (χ1n) is 8.09. The lowest BCUT2D eigenvalue weighted by atomic mass is 9.88. The van der Waals surface area contributed by atoms with Crippen LogP contribution in [-0.4, -0.2) is 52.8 Å². The van der Waals surface area contributed by atoms with Gasteiger partial charge in [0.15, 0.2) is 0 Å². The second-order valence-electron chi connectivity index (χ2n) is 6.78. The first kappa shape index (κ1) is 14.5. The number of benzene rings is 1. The Hall–Kier alpha value is -2.08. The van der Waals surface area contributed by atoms with Crippen molar-refractivity contribution in [3.05, 3.63) is 30.3 Å². The number of hydrogen-bond acceptors (Lipinski definition) is 3. The summed E-state index contributed by atoms with van der Waals surface area (Å²) in [5.41, 5.74) is -0.196. The molecule has 23 heavy (non-hydrogen) atoms. The topological polar surface area (TPSA) is 70.1 Å². The van der Waals surface area contributed by atoms with Gasteiger partial charge >= 0.3 is 6.09 Å². The highest BCUT2D eigenvalue weighted by molar-refractivity contribution is 6.02. The molecule has 1 N–H and O–H groups in total. The number of ether oxygens (including phenoxy) is 1. The Kier molecular flexibility index (Phi) is 3.13. The van der Waals surface area contributed by atoms with Crippen LogP contribution in [0.25, 0.3) is 0 Å². The van der Waals surface area contributed by atoms with Gasteiger partial charge in [0, 0.05) is 18.8 Å². The molecular formula is C17H20N2O4. The first-order chi connectivity index (χ1) is 11.0. The van der Waals surface area contributed by atoms with E-state index in [2.05, 4.69) is 0 Å². The van der Waals surface area contributed by atoms with Crippen molar-refractivity contribution >= 4 is 17.7 Å². The molecule has 0 aromatic heterocycles. The molecule has 0 radical (unpaired) electrons. The van der Waals surface area contributed by atoms with Gasteiger partial charge in [-0.1, -0.05) is 18.2 Å². The monoisotopic (exact) mass is 316 g/mol. The summed E-state index contributed by atoms with van der Waals surface area (Å²) in [6.07, 6.45) is 1.92. The number of morpholine rings is 1. The van der Waals surface area contributed by atoms with Crippen molar-refractivity contribution in [1.82, 2.24) is 4.90 Å². The van der Waals surface area contributed by atoms with Crippen molar-refractivity contribution in [2.75, 3.05) is 24.5 Å². The van der Waals surface area contributed by atoms with Gasteiger partial charge in [0.05, 0.1) is 12.1 Å². The maximum atomic E-state index is 12.8. The Labute approximate surface area is 134 Å². The van der Waals surface area contributed by atoms with Crippen LogP contribution >= 0.6 is 0 Å². The van der Waals surface area contributed by atoms with Crippen molar-refractivity contribution in [2.45, 2.75) is 36.9 Å². The molecule has 2 heterocycles. The summed E-state index contributed by atoms with van der Waals surface area (Å²) in [5, 5.41) is 9.13. The molecule has 2 aliphatic heterocycles. The fraction of sp³-hybridized carbons (Fsp3) is 0.529. The number of hydrogen-bond donors (Lipinski definition) is 1. The summed E-state index contributed by atoms with van der Waals surface area (Å²) in [4.78, 5) is 27.2. The molecule has 6 heteroatoms. The zero-order valence-corrected chi connectivity index (χ0v) is 12.9. The Balaban J connectivity index is 1.61. The van der Waals surface area contributed by atoms with Crippen LogP contribution in [0.15, 0.2) is 30.3 Å². The van der Waals surface area contributed by atoms with Crippen molar-refractivity contribution in [1.29, 1.82) is 0 Å². The number of nitrogens with zero attached hydrogens (tertiary/aromatic N) is 2. The highest BCUT2D eigenvalue weighted by Gasteiger charge is 2.62. The van der Waals surface area contributed by atoms with Gasteiger partial charge in [0.1, 0.15) is 5.60 Å². The lowest BCUT2D eigenvalue weighted by Gasteiger charge is -2.49. The zero-order chi connectivity index (χ0) is 16.1. The van der Waals surface area contributed by atoms with Crippen LogP contribution in [0, 0.1) is 0 Å². The molecule has 6 nitrogen and oxygen atoms in total. The number of amides is 2. The normalized spacial score (nSPS) is 25.0. The lowest BCUT2D eigenvalue weighted by Crippen LogP contribution is -2.63. The molecular weight excluding hydrogens is 296 g/mol. The minimum atomic E-state index is -0.882. The highest BCUT2D eigenvalue weighted by atomic mass is 16.5. The SMILES string of the molecule is O=C(O)N1CCC2(CC1)CN(c1ccccc1)C(=O)C1(CC1)O2. The standard InChI is InChI=1S/C17H20N2O4/c20-14-17(6-7-17)23-16(8-10-18(11-9-16)15(21)22)12-19(14)13-4-2-1-3-5-13/h1-5H,6-12H2,(H,21,22). The number of piperidine rings is 1. The largest absolute Gasteiger partial charge is 0.465 e. The quantitative estimate of drug-likeness (QED) is 0.861. The van der Waals surface area contributed by atoms with E-state index < -0.39 is 17.3 Å². The van der Waals surface area contributed by atoms with E-state index in [0.29, 0.717) is 32.5 Å². The third-order valence-corrected chi connectivity index (χ3v) is 5.21. The molecule has 1 aromatic rings. The Morgan fingerprint density at radius 2 is 1.74 bits per heavy atom. The van der Waals surface area contributed by atoms with E-state index in [0.717, 1.165) is 18.5 Å². The maximum absolute atomic E-state index is 12.8. The van der Waals surface area contributed by atoms with E-state index in [9.17, 15) is 9.59 Å². The predicted octanol–water partition coefficient (Wildman–Crippen LogP) is 2.10. The third kappa shape index (κ3) is 2.37. The molecule has 2 saturated heterocycles. The van der Waals surface area contributed by atoms with Gasteiger partial charge in [-0.05, 0) is 37.8 Å². The van der Waals surface area contributed by atoms with Crippen LogP contribution in [0.5, 0.6) is 0 Å². The summed E-state index contributed by atoms with van der Waals surface area (Å²) in [6, 6.07) is 9.68. The smallest absolute Gasteiger partial charge is 0.407 e. The fourth-order valence-corrected chi connectivity index (χ4v) is 3.71. The van der Waals surface area contributed by atoms with E-state index >= 15 is 0 Å². The predicted molar refractivity (Wildman–Crippen MR) is 83.4 cm³/mol. The number of carboxylic acid groups (broad SMARTS) is 1. The van der Waals surface area contributed by atoms with E-state index in [-0.39, 0.29) is 5.91 Å². The summed E-state index contributed by atoms with van der Waals surface area (Å²) in [7, 11) is 0. The highest BCUT2D eigenvalue weighted by Crippen LogP contribution is 2.50. The van der Waals surface area contributed by atoms with Gasteiger partial charge in [0.2, 0.25) is 0 Å². The number of para-hydroxylation sites is 1. The molecule has 4 rings (SSSR count). The van der Waals surface area contributed by atoms with E-state index in [1.165, 1.54) is 4.90 Å². The number of carbonyl (C=O) groups is 2. The Morgan fingerprint density at radius 3 is 2.30 bits per heavy atom. The zero-order valence-electron chi connectivity index (χ0n) is 12.9. The van der Waals surface area contributed by atoms with Crippen LogP contribution in [0.4, 0.5) is 10.5 Å². The second-order valence-corrected chi connectivity index (χ2v) is 6.78. The summed E-state index contributed by atoms with van der Waals surface area (Å²) in [5.74, 6) is 0.0509. The van der Waals surface area contributed by atoms with Crippen LogP contribution in [0.3, 0.4) is 0 Å². The molecule has 3 fully saturated rings. The number of likely N-dealkylation sites (tertiary alicyclic amines) is 1. The molecule has 1 aliphatic carbocycles. The van der Waals surface area contributed by atoms with Crippen molar-refractivity contribution < 1.29 is 19.4 Å². The summed E-state index contributed by atoms with van der Waals surface area (Å²) >= 11 is 0. The Morgan fingerprint density at radius 1 is 1.09 bits per heavy atom. The average Bonchev–Trinajstić information content (AvgIpc) is 3.33. The summed E-state index contributed by atoms with van der Waals surface area (Å²) in [6.45, 7) is 1.43. The molecule has 1 saturated carbocycles. The fourth-order valence-electron chi connectivity index (χ4n) is 3.71. The van der Waals surface area contributed by atoms with Gasteiger partial charge in [-0.15, -0.1) is 0 Å². The molecule has 0 atom stereocenters. The number of carbonyl (C=O) groups excluding carboxylic acids is 1. The molecule has 2 spiro atoms. The van der Waals surface area contributed by atoms with Crippen LogP contribution in [0.2, 0.25) is 0 Å². The number of anilines is 1. The maximum Gasteiger partial charge on any atom is 0.407 e. The minimum Gasteiger partial charge on any atom is -0.465 e. The number of rotatable bonds is 1. The molecule has 2 amide bonds. The van der Waals surface area contributed by atoms with Gasteiger partial charge in [-0.25, -0.2) is 4.79 Å². The van der Waals surface area contributed by atoms with Crippen molar-refractivity contribution in [2.24, 2.45) is 0 Å². The first-order valence-corrected chi connectivity index (χ1v) is 8.09. The molecule has 122 valence electrons. The van der Waals surface area contributed by atoms with Gasteiger partial charge in [-0.3, -0.25) is 4.79 Å². The molecule has 3 aliphatic rings. The van der Waals surface area contributed by atoms with E-state index in [1.54, 1.807) is 0 Å². The summed E-state index contributed by atoms with van der Waals surface area (Å²) < 4.78 is 6.29. The molecule has 0 bridgehead atoms. The average molecular weight is 316 g/mol. The second kappa shape index (κ2) is 4.96. The Bertz CT molecular complexity index is 633. The van der Waals surface area contributed by atoms with Gasteiger partial charge in [-0.2, -0.15) is 0 Å². The van der Waals surface area contributed by atoms with E-state index in [4.69, 9.17) is 9.84 Å². The van der Waals surface area contributed by atoms with Crippen LogP contribution < -0.4 is 4.90 Å². The van der Waals surface area contributed by atoms with Crippen molar-refractivity contribution in [3.63, 3.8) is 0 Å². The minimum absolute atomic E-state index is 0.0509. The van der Waals surface area contributed by atoms with E-state index in [1.807, 2.05) is 35.2 Å². The van der Waals surface area contributed by atoms with Gasteiger partial charge < -0.3 is 19.6 Å². The van der Waals surface area contributed by atoms with Crippen LogP contribution in [-0.2, 0) is 9.53 Å². The molecule has 1 aromatic carbocycles. The van der Waals surface area contributed by atoms with Gasteiger partial charge in [0.25, 0.3) is 5.91 Å². The lowest BCUT2D eigenvalue weighted by molar-refractivity contribution is -0.171. The third-order valence-electron chi connectivity index (χ3n) is 5.21. The van der Waals surface area contributed by atoms with Crippen LogP contribution in [0.1, 0.15) is 25.7 Å². The van der Waals surface area contributed by atoms with Crippen molar-refractivity contribution in [3.8, 4) is 0 Å². The molecule has 0 unspecified atom stereocenters.